The zero-order chi connectivity index (χ0) is 23.1. The number of hydrogen-bond donors (Lipinski definition) is 0. The Kier molecular flexibility index (Phi) is 1.01. The number of furan rings is 1. The van der Waals surface area contributed by atoms with Crippen LogP contribution in [-0.2, 0) is 0 Å². The largest absolute Gasteiger partial charge is 0.455 e. The van der Waals surface area contributed by atoms with Crippen LogP contribution in [0.3, 0.4) is 0 Å². The van der Waals surface area contributed by atoms with Crippen LogP contribution in [0.2, 0.25) is 0 Å². The maximum atomic E-state index is 8.39. The highest BCUT2D eigenvalue weighted by Crippen LogP contribution is 2.35. The van der Waals surface area contributed by atoms with Crippen molar-refractivity contribution in [2.75, 3.05) is 0 Å². The molecular formula is C19H14O. The highest BCUT2D eigenvalue weighted by Gasteiger charge is 2.11. The molecule has 0 amide bonds. The fourth-order valence-corrected chi connectivity index (χ4v) is 2.07. The van der Waals surface area contributed by atoms with Gasteiger partial charge in [-0.1, -0.05) is 59.9 Å². The van der Waals surface area contributed by atoms with Gasteiger partial charge in [0.2, 0.25) is 0 Å². The van der Waals surface area contributed by atoms with Gasteiger partial charge < -0.3 is 4.42 Å². The summed E-state index contributed by atoms with van der Waals surface area (Å²) in [5.74, 6) is 0. The summed E-state index contributed by atoms with van der Waals surface area (Å²) in [5.41, 5.74) is -0.902. The minimum Gasteiger partial charge on any atom is -0.455 e. The van der Waals surface area contributed by atoms with Crippen molar-refractivity contribution in [1.29, 1.82) is 0 Å². The molecule has 0 radical (unpaired) electrons. The van der Waals surface area contributed by atoms with E-state index in [0.717, 1.165) is 0 Å². The molecular weight excluding hydrogens is 244 g/mol. The molecule has 0 aliphatic carbocycles. The van der Waals surface area contributed by atoms with Gasteiger partial charge in [0.1, 0.15) is 11.2 Å². The summed E-state index contributed by atoms with van der Waals surface area (Å²) < 4.78 is 95.4. The van der Waals surface area contributed by atoms with Crippen LogP contribution in [0, 0.1) is 6.92 Å². The standard InChI is InChI=1S/C19H14O/c1-13-10-11-18-17(12-13)16-9-5-8-15(19(16)20-18)14-6-3-2-4-7-14/h2-12H,1H3/i2D,3D,4D,5D,6D,7D,8D,9D,10D,11D,12D. The molecule has 1 heteroatoms. The van der Waals surface area contributed by atoms with Gasteiger partial charge in [0.15, 0.2) is 0 Å². The van der Waals surface area contributed by atoms with Crippen molar-refractivity contribution < 1.29 is 19.5 Å². The molecule has 20 heavy (non-hydrogen) atoms. The Morgan fingerprint density at radius 3 is 2.55 bits per heavy atom. The van der Waals surface area contributed by atoms with Crippen LogP contribution in [0.15, 0.2) is 70.9 Å². The number of fused-ring (bicyclic) bond motifs is 3. The summed E-state index contributed by atoms with van der Waals surface area (Å²) in [6.45, 7) is 1.47. The van der Waals surface area contributed by atoms with Crippen molar-refractivity contribution >= 4 is 21.9 Å². The normalized spacial score (nSPS) is 18.9. The summed E-state index contributed by atoms with van der Waals surface area (Å²) in [5, 5.41) is -0.0555. The van der Waals surface area contributed by atoms with Gasteiger partial charge in [0, 0.05) is 16.3 Å². The Labute approximate surface area is 132 Å². The first-order chi connectivity index (χ1) is 14.4. The maximum Gasteiger partial charge on any atom is 0.143 e. The van der Waals surface area contributed by atoms with Gasteiger partial charge >= 0.3 is 0 Å². The van der Waals surface area contributed by atoms with Crippen LogP contribution in [0.1, 0.15) is 20.6 Å². The third-order valence-electron chi connectivity index (χ3n) is 2.94. The number of para-hydroxylation sites is 1. The van der Waals surface area contributed by atoms with Crippen LogP contribution in [0.25, 0.3) is 33.1 Å². The van der Waals surface area contributed by atoms with Crippen LogP contribution in [0.5, 0.6) is 0 Å². The Morgan fingerprint density at radius 1 is 0.850 bits per heavy atom. The highest BCUT2D eigenvalue weighted by atomic mass is 16.3. The summed E-state index contributed by atoms with van der Waals surface area (Å²) in [6.07, 6.45) is 0. The molecule has 4 rings (SSSR count). The lowest BCUT2D eigenvalue weighted by Crippen LogP contribution is -1.77. The number of rotatable bonds is 1. The lowest BCUT2D eigenvalue weighted by molar-refractivity contribution is 0.670. The van der Waals surface area contributed by atoms with Crippen molar-refractivity contribution in [2.24, 2.45) is 0 Å². The molecule has 0 bridgehead atoms. The van der Waals surface area contributed by atoms with Crippen molar-refractivity contribution in [3.63, 3.8) is 0 Å². The van der Waals surface area contributed by atoms with Crippen molar-refractivity contribution in [1.82, 2.24) is 0 Å². The Bertz CT molecular complexity index is 1420. The Balaban J connectivity index is 2.36. The molecule has 4 aromatic rings. The molecule has 1 nitrogen and oxygen atoms in total. The third kappa shape index (κ3) is 1.64. The van der Waals surface area contributed by atoms with Crippen LogP contribution >= 0.6 is 0 Å². The van der Waals surface area contributed by atoms with Gasteiger partial charge in [-0.2, -0.15) is 0 Å². The van der Waals surface area contributed by atoms with Crippen LogP contribution in [0.4, 0.5) is 0 Å². The van der Waals surface area contributed by atoms with Crippen molar-refractivity contribution in [2.45, 2.75) is 6.92 Å². The van der Waals surface area contributed by atoms with Crippen LogP contribution in [-0.4, -0.2) is 0 Å². The van der Waals surface area contributed by atoms with Crippen molar-refractivity contribution in [3.05, 3.63) is 72.0 Å². The quantitative estimate of drug-likeness (QED) is 0.441. The maximum absolute atomic E-state index is 8.39. The number of benzene rings is 3. The summed E-state index contributed by atoms with van der Waals surface area (Å²) in [6, 6.07) is -5.44. The Morgan fingerprint density at radius 2 is 1.70 bits per heavy atom. The fourth-order valence-electron chi connectivity index (χ4n) is 2.07. The Hall–Kier alpha value is -2.54. The summed E-state index contributed by atoms with van der Waals surface area (Å²) in [7, 11) is 0. The summed E-state index contributed by atoms with van der Waals surface area (Å²) >= 11 is 0. The lowest BCUT2D eigenvalue weighted by atomic mass is 10.0. The predicted octanol–water partition coefficient (Wildman–Crippen LogP) is 5.56. The molecule has 0 spiro atoms. The number of hydrogen-bond acceptors (Lipinski definition) is 1. The SMILES string of the molecule is [2H]c1c([2H])c([2H])c(-c2c([2H])c([2H])c([2H])c3c2oc2c([2H])c([2H])c(C)c([2H])c23)c([2H])c1[2H]. The molecule has 0 aliphatic rings. The molecule has 0 aliphatic heterocycles. The minimum atomic E-state index is -0.632. The molecule has 0 atom stereocenters. The topological polar surface area (TPSA) is 13.1 Å². The molecule has 3 aromatic carbocycles. The van der Waals surface area contributed by atoms with Gasteiger partial charge in [0.25, 0.3) is 0 Å². The first-order valence-corrected chi connectivity index (χ1v) is 5.91. The second-order valence-electron chi connectivity index (χ2n) is 4.26. The third-order valence-corrected chi connectivity index (χ3v) is 2.94. The molecule has 0 unspecified atom stereocenters. The van der Waals surface area contributed by atoms with Gasteiger partial charge in [-0.3, -0.25) is 0 Å². The molecule has 0 saturated carbocycles. The average molecular weight is 269 g/mol. The van der Waals surface area contributed by atoms with Gasteiger partial charge in [-0.25, -0.2) is 0 Å². The van der Waals surface area contributed by atoms with Crippen molar-refractivity contribution in [3.8, 4) is 11.1 Å². The zero-order valence-electron chi connectivity index (χ0n) is 21.4. The second-order valence-corrected chi connectivity index (χ2v) is 4.26. The molecule has 1 aromatic heterocycles. The van der Waals surface area contributed by atoms with Gasteiger partial charge in [-0.05, 0) is 24.6 Å². The first-order valence-electron chi connectivity index (χ1n) is 11.4. The van der Waals surface area contributed by atoms with E-state index in [9.17, 15) is 0 Å². The molecule has 0 N–H and O–H groups in total. The summed E-state index contributed by atoms with van der Waals surface area (Å²) in [4.78, 5) is 0. The zero-order valence-corrected chi connectivity index (χ0v) is 10.4. The molecule has 96 valence electrons. The van der Waals surface area contributed by atoms with E-state index >= 15 is 0 Å². The smallest absolute Gasteiger partial charge is 0.143 e. The molecule has 0 saturated heterocycles. The predicted molar refractivity (Wildman–Crippen MR) is 83.9 cm³/mol. The minimum absolute atomic E-state index is 0.0145. The van der Waals surface area contributed by atoms with Crippen LogP contribution < -0.4 is 0 Å². The molecule has 1 heterocycles. The van der Waals surface area contributed by atoms with Gasteiger partial charge in [0.05, 0.1) is 15.1 Å². The van der Waals surface area contributed by atoms with E-state index in [0.29, 0.717) is 0 Å². The highest BCUT2D eigenvalue weighted by molar-refractivity contribution is 6.09. The van der Waals surface area contributed by atoms with E-state index in [4.69, 9.17) is 19.5 Å². The first kappa shape index (κ1) is 4.78. The van der Waals surface area contributed by atoms with E-state index in [1.165, 1.54) is 6.92 Å². The average Bonchev–Trinajstić information content (AvgIpc) is 3.14. The van der Waals surface area contributed by atoms with E-state index < -0.39 is 48.3 Å². The lowest BCUT2D eigenvalue weighted by Gasteiger charge is -2.01. The van der Waals surface area contributed by atoms with E-state index in [1.807, 2.05) is 0 Å². The van der Waals surface area contributed by atoms with E-state index in [-0.39, 0.29) is 56.8 Å². The van der Waals surface area contributed by atoms with E-state index in [2.05, 4.69) is 0 Å². The molecule has 0 fully saturated rings. The van der Waals surface area contributed by atoms with Gasteiger partial charge in [-0.15, -0.1) is 0 Å². The monoisotopic (exact) mass is 269 g/mol. The van der Waals surface area contributed by atoms with E-state index in [1.54, 1.807) is 0 Å². The second kappa shape index (κ2) is 4.24. The fraction of sp³-hybridized carbons (Fsp3) is 0.0526.